The van der Waals surface area contributed by atoms with Crippen LogP contribution in [0, 0.1) is 0 Å². The summed E-state index contributed by atoms with van der Waals surface area (Å²) in [6.45, 7) is -0.533. The molecule has 0 saturated carbocycles. The third kappa shape index (κ3) is 3.58. The molecule has 88 valence electrons. The van der Waals surface area contributed by atoms with Gasteiger partial charge in [0.1, 0.15) is 0 Å². The molecule has 1 saturated heterocycles. The lowest BCUT2D eigenvalue weighted by Gasteiger charge is -2.24. The van der Waals surface area contributed by atoms with E-state index >= 15 is 0 Å². The highest BCUT2D eigenvalue weighted by molar-refractivity contribution is 5.65. The minimum absolute atomic E-state index is 0.155. The van der Waals surface area contributed by atoms with Gasteiger partial charge in [-0.1, -0.05) is 0 Å². The molecule has 1 amide bonds. The molecule has 0 spiro atoms. The first-order valence-corrected chi connectivity index (χ1v) is 4.54. The summed E-state index contributed by atoms with van der Waals surface area (Å²) in [4.78, 5) is 12.8. The van der Waals surface area contributed by atoms with Crippen molar-refractivity contribution in [1.29, 1.82) is 0 Å². The van der Waals surface area contributed by atoms with Crippen LogP contribution in [-0.2, 0) is 0 Å². The quantitative estimate of drug-likeness (QED) is 0.770. The summed E-state index contributed by atoms with van der Waals surface area (Å²) in [6, 6.07) is -0.331. The summed E-state index contributed by atoms with van der Waals surface area (Å²) in [7, 11) is 1.36. The number of halogens is 3. The molecule has 1 aliphatic rings. The summed E-state index contributed by atoms with van der Waals surface area (Å²) in [6.07, 6.45) is -4.84. The van der Waals surface area contributed by atoms with E-state index in [0.29, 0.717) is 13.0 Å². The molecule has 0 aromatic carbocycles. The van der Waals surface area contributed by atoms with Gasteiger partial charge in [-0.15, -0.1) is 0 Å². The molecule has 1 aliphatic heterocycles. The Balaban J connectivity index is 2.43. The lowest BCUT2D eigenvalue weighted by Crippen LogP contribution is -2.41. The number of amides is 1. The van der Waals surface area contributed by atoms with Crippen LogP contribution in [0.15, 0.2) is 0 Å². The van der Waals surface area contributed by atoms with Gasteiger partial charge in [0.15, 0.2) is 0 Å². The van der Waals surface area contributed by atoms with Crippen molar-refractivity contribution in [3.05, 3.63) is 0 Å². The summed E-state index contributed by atoms with van der Waals surface area (Å²) < 4.78 is 36.1. The van der Waals surface area contributed by atoms with Gasteiger partial charge in [0.2, 0.25) is 0 Å². The van der Waals surface area contributed by atoms with Gasteiger partial charge in [-0.05, 0) is 13.5 Å². The van der Waals surface area contributed by atoms with E-state index in [4.69, 9.17) is 5.11 Å². The highest BCUT2D eigenvalue weighted by Gasteiger charge is 2.35. The Labute approximate surface area is 85.3 Å². The molecule has 0 aromatic heterocycles. The zero-order chi connectivity index (χ0) is 11.6. The van der Waals surface area contributed by atoms with Crippen LogP contribution in [0.3, 0.4) is 0 Å². The lowest BCUT2D eigenvalue weighted by atomic mass is 10.2. The fourth-order valence-corrected chi connectivity index (χ4v) is 1.69. The van der Waals surface area contributed by atoms with Gasteiger partial charge < -0.3 is 10.0 Å². The van der Waals surface area contributed by atoms with Crippen molar-refractivity contribution in [2.75, 3.05) is 26.7 Å². The highest BCUT2D eigenvalue weighted by Crippen LogP contribution is 2.20. The first kappa shape index (κ1) is 12.1. The Hall–Kier alpha value is -0.980. The van der Waals surface area contributed by atoms with Gasteiger partial charge in [-0.25, -0.2) is 4.79 Å². The Morgan fingerprint density at radius 1 is 1.60 bits per heavy atom. The van der Waals surface area contributed by atoms with Gasteiger partial charge in [0.05, 0.1) is 6.54 Å². The number of likely N-dealkylation sites (N-methyl/N-ethyl adjacent to an activating group) is 1. The average molecular weight is 226 g/mol. The van der Waals surface area contributed by atoms with E-state index in [-0.39, 0.29) is 12.6 Å². The van der Waals surface area contributed by atoms with Crippen LogP contribution in [0.1, 0.15) is 6.42 Å². The van der Waals surface area contributed by atoms with Gasteiger partial charge in [-0.2, -0.15) is 13.2 Å². The molecule has 0 radical (unpaired) electrons. The summed E-state index contributed by atoms with van der Waals surface area (Å²) in [5.41, 5.74) is 0. The highest BCUT2D eigenvalue weighted by atomic mass is 19.4. The predicted octanol–water partition coefficient (Wildman–Crippen LogP) is 1.23. The van der Waals surface area contributed by atoms with Gasteiger partial charge in [-0.3, -0.25) is 4.90 Å². The summed E-state index contributed by atoms with van der Waals surface area (Å²) in [5.74, 6) is 0. The standard InChI is InChI=1S/C8H13F3N2O2/c1-12(5-8(9,10)11)6-2-3-13(4-6)7(14)15/h6H,2-5H2,1H3,(H,14,15). The molecule has 1 unspecified atom stereocenters. The number of nitrogens with zero attached hydrogens (tertiary/aromatic N) is 2. The number of likely N-dealkylation sites (tertiary alicyclic amines) is 1. The van der Waals surface area contributed by atoms with Crippen molar-refractivity contribution in [3.8, 4) is 0 Å². The normalized spacial score (nSPS) is 22.5. The number of carboxylic acid groups (broad SMARTS) is 1. The molecule has 4 nitrogen and oxygen atoms in total. The van der Waals surface area contributed by atoms with E-state index in [1.807, 2.05) is 0 Å². The van der Waals surface area contributed by atoms with Crippen molar-refractivity contribution < 1.29 is 23.1 Å². The Morgan fingerprint density at radius 3 is 2.60 bits per heavy atom. The smallest absolute Gasteiger partial charge is 0.407 e. The molecule has 0 bridgehead atoms. The molecular weight excluding hydrogens is 213 g/mol. The van der Waals surface area contributed by atoms with Gasteiger partial charge >= 0.3 is 12.3 Å². The second kappa shape index (κ2) is 4.26. The van der Waals surface area contributed by atoms with Crippen LogP contribution in [0.2, 0.25) is 0 Å². The van der Waals surface area contributed by atoms with Crippen molar-refractivity contribution in [2.24, 2.45) is 0 Å². The van der Waals surface area contributed by atoms with Crippen LogP contribution in [0.4, 0.5) is 18.0 Å². The molecule has 0 aromatic rings. The first-order valence-electron chi connectivity index (χ1n) is 4.54. The molecule has 1 fully saturated rings. The second-order valence-electron chi connectivity index (χ2n) is 3.70. The molecule has 0 aliphatic carbocycles. The van der Waals surface area contributed by atoms with E-state index in [1.165, 1.54) is 7.05 Å². The molecule has 15 heavy (non-hydrogen) atoms. The largest absolute Gasteiger partial charge is 0.465 e. The van der Waals surface area contributed by atoms with Crippen molar-refractivity contribution >= 4 is 6.09 Å². The average Bonchev–Trinajstić information content (AvgIpc) is 2.47. The topological polar surface area (TPSA) is 43.8 Å². The van der Waals surface area contributed by atoms with Crippen molar-refractivity contribution in [1.82, 2.24) is 9.80 Å². The maximum absolute atomic E-state index is 12.0. The zero-order valence-corrected chi connectivity index (χ0v) is 8.29. The third-order valence-corrected chi connectivity index (χ3v) is 2.49. The number of carbonyl (C=O) groups is 1. The monoisotopic (exact) mass is 226 g/mol. The maximum Gasteiger partial charge on any atom is 0.407 e. The number of hydrogen-bond donors (Lipinski definition) is 1. The van der Waals surface area contributed by atoms with E-state index in [2.05, 4.69) is 0 Å². The Kier molecular flexibility index (Phi) is 3.43. The number of alkyl halides is 3. The maximum atomic E-state index is 12.0. The van der Waals surface area contributed by atoms with Crippen molar-refractivity contribution in [3.63, 3.8) is 0 Å². The predicted molar refractivity (Wildman–Crippen MR) is 46.7 cm³/mol. The van der Waals surface area contributed by atoms with Crippen LogP contribution >= 0.6 is 0 Å². The van der Waals surface area contributed by atoms with Crippen LogP contribution in [0.5, 0.6) is 0 Å². The fraction of sp³-hybridized carbons (Fsp3) is 0.875. The SMILES string of the molecule is CN(CC(F)(F)F)C1CCN(C(=O)O)C1. The first-order chi connectivity index (χ1) is 6.79. The third-order valence-electron chi connectivity index (χ3n) is 2.49. The zero-order valence-electron chi connectivity index (χ0n) is 8.29. The van der Waals surface area contributed by atoms with E-state index in [9.17, 15) is 18.0 Å². The minimum Gasteiger partial charge on any atom is -0.465 e. The van der Waals surface area contributed by atoms with E-state index < -0.39 is 18.8 Å². The Bertz CT molecular complexity index is 245. The van der Waals surface area contributed by atoms with E-state index in [0.717, 1.165) is 9.80 Å². The molecule has 1 heterocycles. The lowest BCUT2D eigenvalue weighted by molar-refractivity contribution is -0.146. The second-order valence-corrected chi connectivity index (χ2v) is 3.70. The molecule has 1 rings (SSSR count). The van der Waals surface area contributed by atoms with E-state index in [1.54, 1.807) is 0 Å². The number of rotatable bonds is 2. The van der Waals surface area contributed by atoms with Gasteiger partial charge in [0, 0.05) is 19.1 Å². The fourth-order valence-electron chi connectivity index (χ4n) is 1.69. The molecule has 1 atom stereocenters. The van der Waals surface area contributed by atoms with Crippen molar-refractivity contribution in [2.45, 2.75) is 18.6 Å². The number of hydrogen-bond acceptors (Lipinski definition) is 2. The molecular formula is C8H13F3N2O2. The van der Waals surface area contributed by atoms with Crippen LogP contribution in [-0.4, -0.2) is 59.9 Å². The summed E-state index contributed by atoms with van der Waals surface area (Å²) in [5, 5.41) is 8.63. The van der Waals surface area contributed by atoms with Crippen LogP contribution in [0.25, 0.3) is 0 Å². The summed E-state index contributed by atoms with van der Waals surface area (Å²) >= 11 is 0. The molecule has 1 N–H and O–H groups in total. The Morgan fingerprint density at radius 2 is 2.20 bits per heavy atom. The minimum atomic E-state index is -4.23. The molecule has 7 heteroatoms. The van der Waals surface area contributed by atoms with Gasteiger partial charge in [0.25, 0.3) is 0 Å². The van der Waals surface area contributed by atoms with Crippen LogP contribution < -0.4 is 0 Å².